The molecule has 0 aliphatic rings. The Kier molecular flexibility index (Phi) is 9.01. The summed E-state index contributed by atoms with van der Waals surface area (Å²) in [7, 11) is 4.91. The molecule has 0 radical (unpaired) electrons. The van der Waals surface area contributed by atoms with Crippen LogP contribution in [0.4, 0.5) is 5.69 Å². The highest BCUT2D eigenvalue weighted by atomic mass is 35.5. The van der Waals surface area contributed by atoms with Crippen LogP contribution >= 0.6 is 11.6 Å². The van der Waals surface area contributed by atoms with Crippen LogP contribution in [0.15, 0.2) is 47.4 Å². The standard InChI is InChI=1S/C26H28ClNO8S/c1-31-21-10-9-18(15-19(21)27)37(29,30)28-20-11-16(12-22(32-2)25(20)35-5)7-8-17-13-23(33-3)26(36-6)24(14-17)34-4/h7-15,28H,1-6H3. The molecule has 0 fully saturated rings. The molecule has 0 bridgehead atoms. The number of sulfonamides is 1. The van der Waals surface area contributed by atoms with Gasteiger partial charge in [0.15, 0.2) is 23.0 Å². The molecule has 198 valence electrons. The number of ether oxygens (including phenoxy) is 6. The second kappa shape index (κ2) is 12.0. The van der Waals surface area contributed by atoms with Crippen LogP contribution < -0.4 is 33.1 Å². The van der Waals surface area contributed by atoms with Crippen LogP contribution in [-0.2, 0) is 10.0 Å². The fourth-order valence-electron chi connectivity index (χ4n) is 3.57. The maximum atomic E-state index is 13.1. The number of nitrogens with one attached hydrogen (secondary N) is 1. The molecule has 3 aromatic carbocycles. The molecule has 37 heavy (non-hydrogen) atoms. The lowest BCUT2D eigenvalue weighted by Gasteiger charge is -2.16. The highest BCUT2D eigenvalue weighted by Crippen LogP contribution is 2.40. The molecule has 0 unspecified atom stereocenters. The van der Waals surface area contributed by atoms with Crippen LogP contribution in [0.3, 0.4) is 0 Å². The number of hydrogen-bond donors (Lipinski definition) is 1. The molecule has 0 atom stereocenters. The summed E-state index contributed by atoms with van der Waals surface area (Å²) >= 11 is 6.13. The first-order chi connectivity index (χ1) is 17.7. The van der Waals surface area contributed by atoms with Crippen molar-refractivity contribution < 1.29 is 36.8 Å². The Balaban J connectivity index is 2.03. The Morgan fingerprint density at radius 2 is 1.14 bits per heavy atom. The molecule has 0 spiro atoms. The van der Waals surface area contributed by atoms with Gasteiger partial charge in [0.1, 0.15) is 5.75 Å². The monoisotopic (exact) mass is 549 g/mol. The quantitative estimate of drug-likeness (QED) is 0.319. The first-order valence-electron chi connectivity index (χ1n) is 10.8. The Bertz CT molecular complexity index is 1380. The van der Waals surface area contributed by atoms with Crippen molar-refractivity contribution in [1.29, 1.82) is 0 Å². The minimum atomic E-state index is -4.02. The molecule has 0 aliphatic carbocycles. The number of hydrogen-bond acceptors (Lipinski definition) is 8. The van der Waals surface area contributed by atoms with Crippen LogP contribution in [0.5, 0.6) is 34.5 Å². The van der Waals surface area contributed by atoms with Crippen LogP contribution in [0, 0.1) is 0 Å². The average Bonchev–Trinajstić information content (AvgIpc) is 2.90. The first kappa shape index (κ1) is 27.8. The Hall–Kier alpha value is -3.76. The summed E-state index contributed by atoms with van der Waals surface area (Å²) < 4.78 is 61.0. The van der Waals surface area contributed by atoms with Crippen molar-refractivity contribution in [2.45, 2.75) is 4.90 Å². The molecular formula is C26H28ClNO8S. The van der Waals surface area contributed by atoms with Crippen LogP contribution in [-0.4, -0.2) is 51.1 Å². The highest BCUT2D eigenvalue weighted by Gasteiger charge is 2.21. The second-order valence-electron chi connectivity index (χ2n) is 7.50. The molecule has 0 aliphatic heterocycles. The lowest BCUT2D eigenvalue weighted by molar-refractivity contribution is 0.324. The topological polar surface area (TPSA) is 102 Å². The zero-order chi connectivity index (χ0) is 27.2. The molecule has 1 N–H and O–H groups in total. The third kappa shape index (κ3) is 6.15. The van der Waals surface area contributed by atoms with E-state index in [2.05, 4.69) is 4.72 Å². The molecule has 3 aromatic rings. The van der Waals surface area contributed by atoms with E-state index < -0.39 is 10.0 Å². The molecule has 11 heteroatoms. The third-order valence-electron chi connectivity index (χ3n) is 5.33. The van der Waals surface area contributed by atoms with E-state index in [1.165, 1.54) is 60.9 Å². The van der Waals surface area contributed by atoms with Crippen molar-refractivity contribution in [2.24, 2.45) is 0 Å². The Labute approximate surface area is 221 Å². The summed E-state index contributed by atoms with van der Waals surface area (Å²) in [5, 5.41) is 0.164. The van der Waals surface area contributed by atoms with E-state index in [1.807, 2.05) is 6.08 Å². The summed E-state index contributed by atoms with van der Waals surface area (Å²) in [5.41, 5.74) is 1.58. The van der Waals surface area contributed by atoms with E-state index in [1.54, 1.807) is 30.3 Å². The summed E-state index contributed by atoms with van der Waals surface area (Å²) in [6.07, 6.45) is 3.60. The fourth-order valence-corrected chi connectivity index (χ4v) is 4.97. The zero-order valence-corrected chi connectivity index (χ0v) is 22.8. The van der Waals surface area contributed by atoms with Gasteiger partial charge in [0.05, 0.1) is 58.3 Å². The number of halogens is 1. The fraction of sp³-hybridized carbons (Fsp3) is 0.231. The summed E-state index contributed by atoms with van der Waals surface area (Å²) in [6.45, 7) is 0. The van der Waals surface area contributed by atoms with E-state index in [0.717, 1.165) is 5.56 Å². The molecule has 0 heterocycles. The molecule has 0 saturated carbocycles. The number of methoxy groups -OCH3 is 6. The molecule has 3 rings (SSSR count). The van der Waals surface area contributed by atoms with Crippen molar-refractivity contribution in [3.8, 4) is 34.5 Å². The maximum absolute atomic E-state index is 13.1. The molecule has 0 saturated heterocycles. The second-order valence-corrected chi connectivity index (χ2v) is 9.59. The van der Waals surface area contributed by atoms with Crippen molar-refractivity contribution in [1.82, 2.24) is 0 Å². The van der Waals surface area contributed by atoms with Crippen LogP contribution in [0.2, 0.25) is 5.02 Å². The maximum Gasteiger partial charge on any atom is 0.262 e. The van der Waals surface area contributed by atoms with Crippen molar-refractivity contribution >= 4 is 39.5 Å². The van der Waals surface area contributed by atoms with E-state index >= 15 is 0 Å². The van der Waals surface area contributed by atoms with Gasteiger partial charge in [-0.15, -0.1) is 0 Å². The van der Waals surface area contributed by atoms with Gasteiger partial charge >= 0.3 is 0 Å². The normalized spacial score (nSPS) is 11.2. The van der Waals surface area contributed by atoms with Crippen molar-refractivity contribution in [2.75, 3.05) is 47.4 Å². The molecule has 0 amide bonds. The lowest BCUT2D eigenvalue weighted by atomic mass is 10.1. The minimum Gasteiger partial charge on any atom is -0.495 e. The van der Waals surface area contributed by atoms with E-state index in [0.29, 0.717) is 34.3 Å². The number of rotatable bonds is 11. The SMILES string of the molecule is COc1ccc(S(=O)(=O)Nc2cc(C=Cc3cc(OC)c(OC)c(OC)c3)cc(OC)c2OC)cc1Cl. The number of anilines is 1. The van der Waals surface area contributed by atoms with Crippen molar-refractivity contribution in [3.05, 3.63) is 58.6 Å². The first-order valence-corrected chi connectivity index (χ1v) is 12.7. The lowest BCUT2D eigenvalue weighted by Crippen LogP contribution is -2.14. The summed E-state index contributed by atoms with van der Waals surface area (Å²) in [6, 6.07) is 11.1. The average molecular weight is 550 g/mol. The van der Waals surface area contributed by atoms with Gasteiger partial charge in [-0.05, 0) is 53.6 Å². The van der Waals surface area contributed by atoms with Gasteiger partial charge in [-0.2, -0.15) is 0 Å². The molecular weight excluding hydrogens is 522 g/mol. The zero-order valence-electron chi connectivity index (χ0n) is 21.2. The molecule has 0 aromatic heterocycles. The number of benzene rings is 3. The summed E-state index contributed by atoms with van der Waals surface area (Å²) in [4.78, 5) is -0.0438. The van der Waals surface area contributed by atoms with Crippen LogP contribution in [0.1, 0.15) is 11.1 Å². The van der Waals surface area contributed by atoms with Gasteiger partial charge in [0.25, 0.3) is 10.0 Å². The highest BCUT2D eigenvalue weighted by molar-refractivity contribution is 7.92. The van der Waals surface area contributed by atoms with Gasteiger partial charge < -0.3 is 28.4 Å². The minimum absolute atomic E-state index is 0.0438. The van der Waals surface area contributed by atoms with E-state index in [-0.39, 0.29) is 21.4 Å². The Morgan fingerprint density at radius 1 is 0.649 bits per heavy atom. The smallest absolute Gasteiger partial charge is 0.262 e. The largest absolute Gasteiger partial charge is 0.495 e. The Morgan fingerprint density at radius 3 is 1.59 bits per heavy atom. The van der Waals surface area contributed by atoms with E-state index in [9.17, 15) is 8.42 Å². The van der Waals surface area contributed by atoms with Crippen molar-refractivity contribution in [3.63, 3.8) is 0 Å². The predicted octanol–water partition coefficient (Wildman–Crippen LogP) is 5.36. The van der Waals surface area contributed by atoms with E-state index in [4.69, 9.17) is 40.0 Å². The van der Waals surface area contributed by atoms with Crippen LogP contribution in [0.25, 0.3) is 12.2 Å². The van der Waals surface area contributed by atoms with Gasteiger partial charge in [-0.3, -0.25) is 4.72 Å². The van der Waals surface area contributed by atoms with Gasteiger partial charge in [-0.25, -0.2) is 8.42 Å². The predicted molar refractivity (Wildman–Crippen MR) is 143 cm³/mol. The van der Waals surface area contributed by atoms with Gasteiger partial charge in [0.2, 0.25) is 5.75 Å². The van der Waals surface area contributed by atoms with Gasteiger partial charge in [-0.1, -0.05) is 23.8 Å². The third-order valence-corrected chi connectivity index (χ3v) is 6.99. The molecule has 9 nitrogen and oxygen atoms in total. The summed E-state index contributed by atoms with van der Waals surface area (Å²) in [5.74, 6) is 2.39. The van der Waals surface area contributed by atoms with Gasteiger partial charge in [0, 0.05) is 0 Å².